The zero-order chi connectivity index (χ0) is 14.8. The van der Waals surface area contributed by atoms with Crippen LogP contribution in [0.5, 0.6) is 0 Å². The quantitative estimate of drug-likeness (QED) is 0.771. The predicted molar refractivity (Wildman–Crippen MR) is 75.3 cm³/mol. The van der Waals surface area contributed by atoms with Crippen molar-refractivity contribution in [3.63, 3.8) is 0 Å². The molecular weight excluding hydrogens is 280 g/mol. The maximum Gasteiger partial charge on any atom is 0.330 e. The van der Waals surface area contributed by atoms with Gasteiger partial charge in [-0.15, -0.1) is 0 Å². The van der Waals surface area contributed by atoms with Gasteiger partial charge in [0.1, 0.15) is 0 Å². The second-order valence-corrected chi connectivity index (χ2v) is 5.51. The Hall–Kier alpha value is -1.59. The standard InChI is InChI=1S/C14H17ClN2O3/c15-10-5-2-1-4-9(10)11(12(18)19)17-13(20)14(8-16)6-3-7-14/h1-2,4-5,11H,3,6-8,16H2,(H,17,20)(H,18,19)/t11-/m1/s1. The van der Waals surface area contributed by atoms with E-state index in [0.29, 0.717) is 23.4 Å². The molecule has 0 radical (unpaired) electrons. The van der Waals surface area contributed by atoms with Gasteiger partial charge in [0.25, 0.3) is 0 Å². The molecule has 1 aromatic carbocycles. The Morgan fingerprint density at radius 2 is 2.05 bits per heavy atom. The van der Waals surface area contributed by atoms with Gasteiger partial charge in [0.15, 0.2) is 6.04 Å². The van der Waals surface area contributed by atoms with Gasteiger partial charge in [-0.25, -0.2) is 4.79 Å². The predicted octanol–water partition coefficient (Wildman–Crippen LogP) is 1.71. The highest BCUT2D eigenvalue weighted by Crippen LogP contribution is 2.40. The van der Waals surface area contributed by atoms with Crippen molar-refractivity contribution in [1.82, 2.24) is 5.32 Å². The van der Waals surface area contributed by atoms with Crippen LogP contribution in [0.25, 0.3) is 0 Å². The maximum absolute atomic E-state index is 12.3. The summed E-state index contributed by atoms with van der Waals surface area (Å²) in [6.07, 6.45) is 2.34. The lowest BCUT2D eigenvalue weighted by Gasteiger charge is -2.39. The summed E-state index contributed by atoms with van der Waals surface area (Å²) in [5.74, 6) is -1.45. The van der Waals surface area contributed by atoms with E-state index in [9.17, 15) is 14.7 Å². The minimum atomic E-state index is -1.15. The number of nitrogens with one attached hydrogen (secondary N) is 1. The molecule has 1 fully saturated rings. The highest BCUT2D eigenvalue weighted by Gasteiger charge is 2.44. The Bertz CT molecular complexity index is 523. The largest absolute Gasteiger partial charge is 0.479 e. The number of carboxylic acids is 1. The van der Waals surface area contributed by atoms with Crippen molar-refractivity contribution in [1.29, 1.82) is 0 Å². The van der Waals surface area contributed by atoms with Gasteiger partial charge in [-0.1, -0.05) is 36.2 Å². The van der Waals surface area contributed by atoms with E-state index in [1.54, 1.807) is 24.3 Å². The molecule has 0 saturated heterocycles. The van der Waals surface area contributed by atoms with Crippen molar-refractivity contribution < 1.29 is 14.7 Å². The molecule has 0 spiro atoms. The molecule has 108 valence electrons. The monoisotopic (exact) mass is 296 g/mol. The van der Waals surface area contributed by atoms with Crippen LogP contribution >= 0.6 is 11.6 Å². The third-order valence-corrected chi connectivity index (χ3v) is 4.27. The van der Waals surface area contributed by atoms with Crippen molar-refractivity contribution in [3.05, 3.63) is 34.9 Å². The summed E-state index contributed by atoms with van der Waals surface area (Å²) in [7, 11) is 0. The van der Waals surface area contributed by atoms with E-state index >= 15 is 0 Å². The molecule has 1 atom stereocenters. The Morgan fingerprint density at radius 3 is 2.50 bits per heavy atom. The van der Waals surface area contributed by atoms with Crippen molar-refractivity contribution in [2.75, 3.05) is 6.54 Å². The molecule has 1 amide bonds. The second kappa shape index (κ2) is 5.81. The van der Waals surface area contributed by atoms with Gasteiger partial charge in [-0.3, -0.25) is 4.79 Å². The molecule has 6 heteroatoms. The van der Waals surface area contributed by atoms with Crippen LogP contribution in [-0.2, 0) is 9.59 Å². The molecule has 20 heavy (non-hydrogen) atoms. The molecule has 5 nitrogen and oxygen atoms in total. The first-order chi connectivity index (χ1) is 9.50. The molecule has 0 unspecified atom stereocenters. The van der Waals surface area contributed by atoms with E-state index < -0.39 is 17.4 Å². The van der Waals surface area contributed by atoms with Crippen molar-refractivity contribution in [2.45, 2.75) is 25.3 Å². The van der Waals surface area contributed by atoms with Crippen molar-refractivity contribution in [3.8, 4) is 0 Å². The number of rotatable bonds is 5. The maximum atomic E-state index is 12.3. The van der Waals surface area contributed by atoms with E-state index in [4.69, 9.17) is 17.3 Å². The normalized spacial score (nSPS) is 17.9. The zero-order valence-corrected chi connectivity index (χ0v) is 11.7. The Kier molecular flexibility index (Phi) is 4.30. The molecular formula is C14H17ClN2O3. The van der Waals surface area contributed by atoms with E-state index in [1.807, 2.05) is 0 Å². The summed E-state index contributed by atoms with van der Waals surface area (Å²) in [4.78, 5) is 23.7. The number of hydrogen-bond donors (Lipinski definition) is 3. The van der Waals surface area contributed by atoms with Crippen LogP contribution in [0.1, 0.15) is 30.9 Å². The first-order valence-electron chi connectivity index (χ1n) is 6.48. The fraction of sp³-hybridized carbons (Fsp3) is 0.429. The number of nitrogens with two attached hydrogens (primary N) is 1. The van der Waals surface area contributed by atoms with Crippen LogP contribution in [0.3, 0.4) is 0 Å². The lowest BCUT2D eigenvalue weighted by Crippen LogP contribution is -2.52. The summed E-state index contributed by atoms with van der Waals surface area (Å²) in [5.41, 5.74) is 5.42. The van der Waals surface area contributed by atoms with Gasteiger partial charge in [0.05, 0.1) is 5.41 Å². The number of carbonyl (C=O) groups excluding carboxylic acids is 1. The highest BCUT2D eigenvalue weighted by atomic mass is 35.5. The van der Waals surface area contributed by atoms with E-state index in [-0.39, 0.29) is 12.5 Å². The van der Waals surface area contributed by atoms with Crippen LogP contribution in [0.15, 0.2) is 24.3 Å². The SMILES string of the molecule is NCC1(C(=O)N[C@@H](C(=O)O)c2ccccc2Cl)CCC1. The van der Waals surface area contributed by atoms with Gasteiger partial charge in [0.2, 0.25) is 5.91 Å². The highest BCUT2D eigenvalue weighted by molar-refractivity contribution is 6.31. The Labute approximate surface area is 122 Å². The summed E-state index contributed by atoms with van der Waals surface area (Å²) in [6, 6.07) is 5.43. The number of aliphatic carboxylic acids is 1. The topological polar surface area (TPSA) is 92.4 Å². The molecule has 0 bridgehead atoms. The summed E-state index contributed by atoms with van der Waals surface area (Å²) in [5, 5.41) is 12.2. The smallest absolute Gasteiger partial charge is 0.330 e. The van der Waals surface area contributed by atoms with Crippen LogP contribution < -0.4 is 11.1 Å². The molecule has 2 rings (SSSR count). The molecule has 1 aliphatic carbocycles. The lowest BCUT2D eigenvalue weighted by molar-refractivity contribution is -0.145. The average Bonchev–Trinajstić information content (AvgIpc) is 2.36. The third-order valence-electron chi connectivity index (χ3n) is 3.92. The average molecular weight is 297 g/mol. The molecule has 1 aliphatic rings. The first kappa shape index (κ1) is 14.8. The third kappa shape index (κ3) is 2.64. The van der Waals surface area contributed by atoms with Gasteiger partial charge in [-0.2, -0.15) is 0 Å². The fourth-order valence-corrected chi connectivity index (χ4v) is 2.64. The molecule has 0 aromatic heterocycles. The van der Waals surface area contributed by atoms with Gasteiger partial charge in [-0.05, 0) is 18.9 Å². The van der Waals surface area contributed by atoms with Gasteiger partial charge in [0, 0.05) is 17.1 Å². The van der Waals surface area contributed by atoms with Gasteiger partial charge >= 0.3 is 5.97 Å². The Balaban J connectivity index is 2.21. The summed E-state index contributed by atoms with van der Waals surface area (Å²) in [6.45, 7) is 0.230. The number of amides is 1. The lowest BCUT2D eigenvalue weighted by atomic mass is 9.68. The molecule has 1 aromatic rings. The van der Waals surface area contributed by atoms with E-state index in [1.165, 1.54) is 0 Å². The second-order valence-electron chi connectivity index (χ2n) is 5.10. The summed E-state index contributed by atoms with van der Waals surface area (Å²) < 4.78 is 0. The Morgan fingerprint density at radius 1 is 1.40 bits per heavy atom. The van der Waals surface area contributed by atoms with Crippen LogP contribution in [0.4, 0.5) is 0 Å². The number of hydrogen-bond acceptors (Lipinski definition) is 3. The first-order valence-corrected chi connectivity index (χ1v) is 6.86. The zero-order valence-electron chi connectivity index (χ0n) is 10.9. The van der Waals surface area contributed by atoms with E-state index in [2.05, 4.69) is 5.32 Å². The van der Waals surface area contributed by atoms with Crippen molar-refractivity contribution >= 4 is 23.5 Å². The number of benzene rings is 1. The number of carboxylic acid groups (broad SMARTS) is 1. The number of carbonyl (C=O) groups is 2. The van der Waals surface area contributed by atoms with Crippen molar-refractivity contribution in [2.24, 2.45) is 11.1 Å². The minimum Gasteiger partial charge on any atom is -0.479 e. The fourth-order valence-electron chi connectivity index (χ4n) is 2.39. The molecule has 0 aliphatic heterocycles. The van der Waals surface area contributed by atoms with Crippen LogP contribution in [0, 0.1) is 5.41 Å². The number of halogens is 1. The van der Waals surface area contributed by atoms with Gasteiger partial charge < -0.3 is 16.2 Å². The molecule has 1 saturated carbocycles. The van der Waals surface area contributed by atoms with E-state index in [0.717, 1.165) is 6.42 Å². The summed E-state index contributed by atoms with van der Waals surface area (Å²) >= 11 is 6.00. The molecule has 4 N–H and O–H groups in total. The van der Waals surface area contributed by atoms with Crippen LogP contribution in [0.2, 0.25) is 5.02 Å². The molecule has 0 heterocycles. The van der Waals surface area contributed by atoms with Crippen LogP contribution in [-0.4, -0.2) is 23.5 Å². The minimum absolute atomic E-state index is 0.230.